The molecule has 1 N–H and O–H groups in total. The van der Waals surface area contributed by atoms with Crippen LogP contribution in [-0.4, -0.2) is 36.0 Å². The Kier molecular flexibility index (Phi) is 2.22. The minimum atomic E-state index is -1.25. The topological polar surface area (TPSA) is 74.2 Å². The van der Waals surface area contributed by atoms with Crippen LogP contribution in [0.5, 0.6) is 17.2 Å². The van der Waals surface area contributed by atoms with E-state index in [0.29, 0.717) is 42.5 Å². The number of allylic oxidation sites excluding steroid dienone is 1. The smallest absolute Gasteiger partial charge is 0.231 e. The van der Waals surface area contributed by atoms with Gasteiger partial charge < -0.3 is 24.1 Å². The zero-order chi connectivity index (χ0) is 14.9. The largest absolute Gasteiger partial charge is 0.494 e. The third-order valence-corrected chi connectivity index (χ3v) is 4.88. The summed E-state index contributed by atoms with van der Waals surface area (Å²) in [6, 6.07) is 3.70. The minimum absolute atomic E-state index is 0.0191. The van der Waals surface area contributed by atoms with E-state index in [9.17, 15) is 9.90 Å². The molecule has 0 radical (unpaired) electrons. The first-order chi connectivity index (χ1) is 10.6. The first-order valence-corrected chi connectivity index (χ1v) is 7.35. The van der Waals surface area contributed by atoms with Crippen molar-refractivity contribution in [3.8, 4) is 17.2 Å². The molecule has 0 amide bonds. The van der Waals surface area contributed by atoms with Gasteiger partial charge in [-0.25, -0.2) is 0 Å². The summed E-state index contributed by atoms with van der Waals surface area (Å²) >= 11 is 0. The number of carbonyl (C=O) groups excluding carboxylic acids is 1. The molecule has 1 saturated heterocycles. The van der Waals surface area contributed by atoms with Gasteiger partial charge in [-0.1, -0.05) is 0 Å². The highest BCUT2D eigenvalue weighted by Crippen LogP contribution is 2.53. The fraction of sp³-hybridized carbons (Fsp3) is 0.438. The second kappa shape index (κ2) is 3.95. The molecule has 0 saturated carbocycles. The highest BCUT2D eigenvalue weighted by molar-refractivity contribution is 5.91. The Hall–Kier alpha value is -2.21. The Morgan fingerprint density at radius 2 is 1.95 bits per heavy atom. The number of rotatable bonds is 0. The molecule has 3 unspecified atom stereocenters. The van der Waals surface area contributed by atoms with Crippen LogP contribution in [0.1, 0.15) is 24.3 Å². The van der Waals surface area contributed by atoms with Crippen molar-refractivity contribution in [1.82, 2.24) is 0 Å². The van der Waals surface area contributed by atoms with E-state index in [2.05, 4.69) is 0 Å². The average Bonchev–Trinajstić information content (AvgIpc) is 3.10. The van der Waals surface area contributed by atoms with Gasteiger partial charge in [0.25, 0.3) is 0 Å². The molecule has 4 aliphatic rings. The Bertz CT molecular complexity index is 724. The molecule has 6 heteroatoms. The van der Waals surface area contributed by atoms with Crippen molar-refractivity contribution < 1.29 is 28.8 Å². The summed E-state index contributed by atoms with van der Waals surface area (Å²) in [6.45, 7) is 0.584. The van der Waals surface area contributed by atoms with E-state index in [1.807, 2.05) is 6.07 Å². The van der Waals surface area contributed by atoms with Crippen molar-refractivity contribution in [2.75, 3.05) is 13.4 Å². The second-order valence-corrected chi connectivity index (χ2v) is 6.10. The van der Waals surface area contributed by atoms with Gasteiger partial charge in [0, 0.05) is 24.1 Å². The third kappa shape index (κ3) is 1.45. The number of hydrogen-bond acceptors (Lipinski definition) is 6. The summed E-state index contributed by atoms with van der Waals surface area (Å²) in [5.74, 6) is 2.26. The molecule has 1 fully saturated rings. The molecule has 0 spiro atoms. The van der Waals surface area contributed by atoms with Gasteiger partial charge in [0.2, 0.25) is 6.79 Å². The third-order valence-electron chi connectivity index (χ3n) is 4.88. The fourth-order valence-electron chi connectivity index (χ4n) is 3.73. The van der Waals surface area contributed by atoms with Crippen LogP contribution in [0.15, 0.2) is 24.0 Å². The molecule has 0 bridgehead atoms. The summed E-state index contributed by atoms with van der Waals surface area (Å²) in [7, 11) is 0. The van der Waals surface area contributed by atoms with Crippen LogP contribution in [0.3, 0.4) is 0 Å². The number of ketones is 1. The maximum absolute atomic E-state index is 11.6. The van der Waals surface area contributed by atoms with Crippen LogP contribution in [0.4, 0.5) is 0 Å². The van der Waals surface area contributed by atoms with Gasteiger partial charge in [0.05, 0.1) is 12.5 Å². The molecule has 3 heterocycles. The first kappa shape index (κ1) is 12.3. The lowest BCUT2D eigenvalue weighted by atomic mass is 9.76. The molecule has 3 aliphatic heterocycles. The molecule has 3 atom stereocenters. The van der Waals surface area contributed by atoms with Crippen LogP contribution in [0.25, 0.3) is 0 Å². The Balaban J connectivity index is 1.59. The number of hydrogen-bond donors (Lipinski definition) is 1. The van der Waals surface area contributed by atoms with Gasteiger partial charge in [-0.15, -0.1) is 0 Å². The van der Waals surface area contributed by atoms with Crippen LogP contribution in [-0.2, 0) is 9.53 Å². The summed E-state index contributed by atoms with van der Waals surface area (Å²) in [5.41, 5.74) is -0.291. The number of benzene rings is 1. The van der Waals surface area contributed by atoms with E-state index in [1.165, 1.54) is 6.08 Å². The molecule has 22 heavy (non-hydrogen) atoms. The number of aliphatic hydroxyl groups is 1. The molecule has 0 aromatic heterocycles. The quantitative estimate of drug-likeness (QED) is 0.778. The van der Waals surface area contributed by atoms with Gasteiger partial charge in [-0.3, -0.25) is 4.79 Å². The van der Waals surface area contributed by atoms with Crippen LogP contribution >= 0.6 is 0 Å². The predicted octanol–water partition coefficient (Wildman–Crippen LogP) is 1.27. The molecule has 114 valence electrons. The predicted molar refractivity (Wildman–Crippen MR) is 72.9 cm³/mol. The Morgan fingerprint density at radius 1 is 1.14 bits per heavy atom. The molecule has 6 nitrogen and oxygen atoms in total. The Labute approximate surface area is 126 Å². The van der Waals surface area contributed by atoms with Gasteiger partial charge >= 0.3 is 0 Å². The molecule has 1 aromatic carbocycles. The highest BCUT2D eigenvalue weighted by atomic mass is 16.7. The standard InChI is InChI=1S/C16H14O6/c17-8-1-2-16(18)14(3-8)19-6-10-9-4-12-13(21-7-20-12)5-11(9)22-15(10)16/h3-5,10,15,18H,1-2,6-7H2. The number of fused-ring (bicyclic) bond motifs is 6. The van der Waals surface area contributed by atoms with E-state index in [-0.39, 0.29) is 18.5 Å². The van der Waals surface area contributed by atoms with Gasteiger partial charge in [0.1, 0.15) is 17.6 Å². The lowest BCUT2D eigenvalue weighted by Gasteiger charge is -2.43. The molecule has 5 rings (SSSR count). The lowest BCUT2D eigenvalue weighted by molar-refractivity contribution is -0.132. The van der Waals surface area contributed by atoms with Crippen molar-refractivity contribution in [3.05, 3.63) is 29.5 Å². The van der Waals surface area contributed by atoms with E-state index in [0.717, 1.165) is 5.56 Å². The normalized spacial score (nSPS) is 34.0. The van der Waals surface area contributed by atoms with Crippen molar-refractivity contribution in [2.45, 2.75) is 30.5 Å². The SMILES string of the molecule is O=C1C=C2OCC3c4cc5c(cc4OC3C2(O)CC1)OCO5. The van der Waals surface area contributed by atoms with Crippen LogP contribution < -0.4 is 14.2 Å². The summed E-state index contributed by atoms with van der Waals surface area (Å²) < 4.78 is 22.5. The van der Waals surface area contributed by atoms with E-state index >= 15 is 0 Å². The zero-order valence-corrected chi connectivity index (χ0v) is 11.7. The fourth-order valence-corrected chi connectivity index (χ4v) is 3.73. The lowest BCUT2D eigenvalue weighted by Crippen LogP contribution is -2.55. The van der Waals surface area contributed by atoms with Crippen molar-refractivity contribution in [1.29, 1.82) is 0 Å². The monoisotopic (exact) mass is 302 g/mol. The van der Waals surface area contributed by atoms with E-state index in [4.69, 9.17) is 18.9 Å². The van der Waals surface area contributed by atoms with E-state index in [1.54, 1.807) is 6.07 Å². The zero-order valence-electron chi connectivity index (χ0n) is 11.7. The Morgan fingerprint density at radius 3 is 2.82 bits per heavy atom. The van der Waals surface area contributed by atoms with Crippen molar-refractivity contribution in [2.24, 2.45) is 0 Å². The second-order valence-electron chi connectivity index (χ2n) is 6.10. The minimum Gasteiger partial charge on any atom is -0.494 e. The average molecular weight is 302 g/mol. The van der Waals surface area contributed by atoms with Crippen LogP contribution in [0.2, 0.25) is 0 Å². The summed E-state index contributed by atoms with van der Waals surface area (Å²) in [6.07, 6.45) is 1.57. The van der Waals surface area contributed by atoms with E-state index < -0.39 is 11.7 Å². The van der Waals surface area contributed by atoms with Crippen molar-refractivity contribution >= 4 is 5.78 Å². The maximum atomic E-state index is 11.6. The first-order valence-electron chi connectivity index (χ1n) is 7.35. The van der Waals surface area contributed by atoms with Crippen molar-refractivity contribution in [3.63, 3.8) is 0 Å². The van der Waals surface area contributed by atoms with Crippen LogP contribution in [0, 0.1) is 0 Å². The van der Waals surface area contributed by atoms with Gasteiger partial charge in [-0.2, -0.15) is 0 Å². The van der Waals surface area contributed by atoms with Gasteiger partial charge in [-0.05, 0) is 12.5 Å². The molecular formula is C16H14O6. The highest BCUT2D eigenvalue weighted by Gasteiger charge is 2.56. The summed E-state index contributed by atoms with van der Waals surface area (Å²) in [4.78, 5) is 11.6. The van der Waals surface area contributed by atoms with Gasteiger partial charge in [0.15, 0.2) is 22.9 Å². The molecular weight excluding hydrogens is 288 g/mol. The molecule has 1 aromatic rings. The number of ether oxygens (including phenoxy) is 4. The summed E-state index contributed by atoms with van der Waals surface area (Å²) in [5, 5.41) is 11.0. The maximum Gasteiger partial charge on any atom is 0.231 e. The molecule has 1 aliphatic carbocycles. The number of carbonyl (C=O) groups is 1.